The highest BCUT2D eigenvalue weighted by atomic mass is 16.5. The van der Waals surface area contributed by atoms with Crippen LogP contribution >= 0.6 is 0 Å². The van der Waals surface area contributed by atoms with E-state index in [1.165, 1.54) is 23.1 Å². The minimum absolute atomic E-state index is 0.0201. The number of imidazole rings is 1. The van der Waals surface area contributed by atoms with Gasteiger partial charge in [-0.05, 0) is 36.8 Å². The SMILES string of the molecule is Cc1nc2c(Oc3cc(C#N)ccc3O)nc(Oc3ccccc3C(=O)N(C)C)nc2n1Cc1ccccc1. The average molecular weight is 521 g/mol. The van der Waals surface area contributed by atoms with E-state index in [1.807, 2.05) is 47.9 Å². The largest absolute Gasteiger partial charge is 0.504 e. The number of nitrogens with zero attached hydrogens (tertiary/aromatic N) is 6. The van der Waals surface area contributed by atoms with Crippen LogP contribution in [-0.4, -0.2) is 49.5 Å². The normalized spacial score (nSPS) is 10.7. The summed E-state index contributed by atoms with van der Waals surface area (Å²) in [5.41, 5.74) is 2.44. The van der Waals surface area contributed by atoms with Gasteiger partial charge in [0.25, 0.3) is 11.8 Å². The van der Waals surface area contributed by atoms with Crippen molar-refractivity contribution in [1.82, 2.24) is 24.4 Å². The summed E-state index contributed by atoms with van der Waals surface area (Å²) in [5, 5.41) is 19.7. The van der Waals surface area contributed by atoms with Gasteiger partial charge in [-0.25, -0.2) is 4.98 Å². The molecule has 0 aliphatic heterocycles. The lowest BCUT2D eigenvalue weighted by atomic mass is 10.2. The number of ether oxygens (including phenoxy) is 2. The van der Waals surface area contributed by atoms with Gasteiger partial charge in [0.15, 0.2) is 22.7 Å². The quantitative estimate of drug-likeness (QED) is 0.316. The number of phenols is 1. The van der Waals surface area contributed by atoms with E-state index >= 15 is 0 Å². The number of carbonyl (C=O) groups is 1. The fraction of sp³-hybridized carbons (Fsp3) is 0.138. The van der Waals surface area contributed by atoms with E-state index in [2.05, 4.69) is 15.0 Å². The second-order valence-corrected chi connectivity index (χ2v) is 8.91. The lowest BCUT2D eigenvalue weighted by Gasteiger charge is -2.14. The van der Waals surface area contributed by atoms with Gasteiger partial charge >= 0.3 is 6.01 Å². The second-order valence-electron chi connectivity index (χ2n) is 8.91. The van der Waals surface area contributed by atoms with Gasteiger partial charge in [0, 0.05) is 20.2 Å². The smallest absolute Gasteiger partial charge is 0.327 e. The summed E-state index contributed by atoms with van der Waals surface area (Å²) in [6.07, 6.45) is 0. The maximum atomic E-state index is 12.7. The van der Waals surface area contributed by atoms with Gasteiger partial charge in [-0.2, -0.15) is 15.2 Å². The van der Waals surface area contributed by atoms with Gasteiger partial charge < -0.3 is 24.0 Å². The van der Waals surface area contributed by atoms with E-state index in [-0.39, 0.29) is 35.0 Å². The summed E-state index contributed by atoms with van der Waals surface area (Å²) in [5.74, 6) is 0.548. The number of hydrogen-bond acceptors (Lipinski definition) is 8. The van der Waals surface area contributed by atoms with Gasteiger partial charge in [0.1, 0.15) is 11.6 Å². The Kier molecular flexibility index (Phi) is 6.80. The van der Waals surface area contributed by atoms with Crippen molar-refractivity contribution in [2.24, 2.45) is 0 Å². The predicted octanol–water partition coefficient (Wildman–Crippen LogP) is 5.05. The van der Waals surface area contributed by atoms with Crippen molar-refractivity contribution in [3.63, 3.8) is 0 Å². The first-order valence-corrected chi connectivity index (χ1v) is 12.0. The number of hydrogen-bond donors (Lipinski definition) is 1. The highest BCUT2D eigenvalue weighted by Crippen LogP contribution is 2.36. The number of aromatic nitrogens is 4. The average Bonchev–Trinajstić information content (AvgIpc) is 3.25. The van der Waals surface area contributed by atoms with Crippen LogP contribution in [0.5, 0.6) is 29.1 Å². The molecule has 0 spiro atoms. The van der Waals surface area contributed by atoms with Crippen molar-refractivity contribution in [3.8, 4) is 35.2 Å². The molecule has 10 nitrogen and oxygen atoms in total. The van der Waals surface area contributed by atoms with E-state index in [1.54, 1.807) is 38.4 Å². The molecule has 2 aromatic heterocycles. The van der Waals surface area contributed by atoms with Gasteiger partial charge in [-0.1, -0.05) is 42.5 Å². The van der Waals surface area contributed by atoms with Crippen molar-refractivity contribution < 1.29 is 19.4 Å². The first-order chi connectivity index (χ1) is 18.8. The maximum Gasteiger partial charge on any atom is 0.327 e. The Morgan fingerprint density at radius 3 is 2.46 bits per heavy atom. The third-order valence-electron chi connectivity index (χ3n) is 5.94. The van der Waals surface area contributed by atoms with Crippen LogP contribution in [0.3, 0.4) is 0 Å². The molecule has 0 fully saturated rings. The number of nitriles is 1. The lowest BCUT2D eigenvalue weighted by molar-refractivity contribution is 0.0825. The Morgan fingerprint density at radius 2 is 1.72 bits per heavy atom. The number of amides is 1. The summed E-state index contributed by atoms with van der Waals surface area (Å²) < 4.78 is 13.9. The summed E-state index contributed by atoms with van der Waals surface area (Å²) in [6, 6.07) is 22.8. The number of phenolic OH excluding ortho intramolecular Hbond substituents is 1. The van der Waals surface area contributed by atoms with Crippen LogP contribution in [0.1, 0.15) is 27.3 Å². The topological polar surface area (TPSA) is 126 Å². The number of para-hydroxylation sites is 1. The minimum Gasteiger partial charge on any atom is -0.504 e. The van der Waals surface area contributed by atoms with Gasteiger partial charge in [0.2, 0.25) is 0 Å². The Labute approximate surface area is 224 Å². The van der Waals surface area contributed by atoms with Crippen LogP contribution in [-0.2, 0) is 6.54 Å². The molecule has 2 heterocycles. The number of aromatic hydroxyl groups is 1. The van der Waals surface area contributed by atoms with E-state index in [4.69, 9.17) is 9.47 Å². The summed E-state index contributed by atoms with van der Waals surface area (Å²) >= 11 is 0. The zero-order chi connectivity index (χ0) is 27.5. The molecule has 0 radical (unpaired) electrons. The Bertz CT molecular complexity index is 1720. The van der Waals surface area contributed by atoms with E-state index in [0.717, 1.165) is 5.56 Å². The number of carbonyl (C=O) groups excluding carboxylic acids is 1. The van der Waals surface area contributed by atoms with Crippen molar-refractivity contribution in [3.05, 3.63) is 95.3 Å². The predicted molar refractivity (Wildman–Crippen MR) is 143 cm³/mol. The lowest BCUT2D eigenvalue weighted by Crippen LogP contribution is -2.22. The van der Waals surface area contributed by atoms with E-state index in [0.29, 0.717) is 34.7 Å². The Morgan fingerprint density at radius 1 is 0.974 bits per heavy atom. The van der Waals surface area contributed by atoms with Crippen LogP contribution in [0.2, 0.25) is 0 Å². The third-order valence-corrected chi connectivity index (χ3v) is 5.94. The molecule has 0 unspecified atom stereocenters. The maximum absolute atomic E-state index is 12.7. The molecule has 0 bridgehead atoms. The molecule has 1 amide bonds. The number of benzene rings is 3. The fourth-order valence-corrected chi connectivity index (χ4v) is 3.98. The molecule has 0 atom stereocenters. The van der Waals surface area contributed by atoms with Crippen LogP contribution in [0, 0.1) is 18.3 Å². The molecule has 0 aliphatic carbocycles. The standard InChI is InChI=1S/C29H24N6O4/c1-18-31-25-26(35(18)17-19-9-5-4-6-10-19)32-29(39-23-12-8-7-11-21(23)28(37)34(2)3)33-27(25)38-24-15-20(16-30)13-14-22(24)36/h4-15,36H,17H2,1-3H3. The van der Waals surface area contributed by atoms with Crippen LogP contribution < -0.4 is 9.47 Å². The third kappa shape index (κ3) is 5.19. The first kappa shape index (κ1) is 25.2. The monoisotopic (exact) mass is 520 g/mol. The number of aryl methyl sites for hydroxylation is 1. The molecule has 0 saturated heterocycles. The van der Waals surface area contributed by atoms with Gasteiger partial charge in [-0.15, -0.1) is 0 Å². The number of rotatable bonds is 7. The molecule has 5 rings (SSSR count). The molecule has 39 heavy (non-hydrogen) atoms. The highest BCUT2D eigenvalue weighted by molar-refractivity contribution is 5.96. The fourth-order valence-electron chi connectivity index (χ4n) is 3.98. The minimum atomic E-state index is -0.244. The molecular formula is C29H24N6O4. The zero-order valence-electron chi connectivity index (χ0n) is 21.5. The van der Waals surface area contributed by atoms with Crippen LogP contribution in [0.4, 0.5) is 0 Å². The molecule has 10 heteroatoms. The Balaban J connectivity index is 1.65. The van der Waals surface area contributed by atoms with Crippen molar-refractivity contribution >= 4 is 17.1 Å². The number of fused-ring (bicyclic) bond motifs is 1. The first-order valence-electron chi connectivity index (χ1n) is 12.0. The van der Waals surface area contributed by atoms with Crippen molar-refractivity contribution in [2.75, 3.05) is 14.1 Å². The summed E-state index contributed by atoms with van der Waals surface area (Å²) in [6.45, 7) is 2.32. The van der Waals surface area contributed by atoms with Crippen molar-refractivity contribution in [2.45, 2.75) is 13.5 Å². The van der Waals surface area contributed by atoms with E-state index < -0.39 is 0 Å². The van der Waals surface area contributed by atoms with E-state index in [9.17, 15) is 15.2 Å². The van der Waals surface area contributed by atoms with Crippen molar-refractivity contribution in [1.29, 1.82) is 5.26 Å². The molecular weight excluding hydrogens is 496 g/mol. The van der Waals surface area contributed by atoms with Gasteiger partial charge in [0.05, 0.1) is 23.7 Å². The van der Waals surface area contributed by atoms with Crippen LogP contribution in [0.25, 0.3) is 11.2 Å². The van der Waals surface area contributed by atoms with Crippen LogP contribution in [0.15, 0.2) is 72.8 Å². The molecule has 3 aromatic carbocycles. The zero-order valence-corrected chi connectivity index (χ0v) is 21.5. The summed E-state index contributed by atoms with van der Waals surface area (Å²) in [7, 11) is 3.31. The second kappa shape index (κ2) is 10.5. The molecule has 194 valence electrons. The van der Waals surface area contributed by atoms with Gasteiger partial charge in [-0.3, -0.25) is 4.79 Å². The molecule has 1 N–H and O–H groups in total. The molecule has 0 aliphatic rings. The highest BCUT2D eigenvalue weighted by Gasteiger charge is 2.22. The summed E-state index contributed by atoms with van der Waals surface area (Å²) in [4.78, 5) is 27.9. The molecule has 5 aromatic rings. The Hall–Kier alpha value is -5.43. The molecule has 0 saturated carbocycles.